The molecule has 6 N–H and O–H groups in total. The number of ether oxygens (including phenoxy) is 4. The van der Waals surface area contributed by atoms with E-state index in [1.165, 1.54) is 32.4 Å². The van der Waals surface area contributed by atoms with Gasteiger partial charge in [0.05, 0.1) is 20.8 Å². The van der Waals surface area contributed by atoms with Crippen molar-refractivity contribution in [1.29, 1.82) is 0 Å². The quantitative estimate of drug-likeness (QED) is 0.241. The number of hydrogen-bond donors (Lipinski definition) is 6. The number of amides is 1. The summed E-state index contributed by atoms with van der Waals surface area (Å²) in [5.41, 5.74) is 1.53. The standard InChI is InChI=1S/C25H31NO10/c1-33-18-11-15(3-6-16(18)28)9-10-26-21(29)8-5-14-4-7-17(19(12-14)34-2)35-25-24(32)23(31)22(30)20(13-27)36-25/h3-8,11-12,20,22-25,27-28,30-32H,9-10,13H2,1-2H3,(H,26,29)/t20-,22+,23-,24-,25+/m1/s1. The normalized spacial score (nSPS) is 23.9. The topological polar surface area (TPSA) is 167 Å². The molecular formula is C25H31NO10. The lowest BCUT2D eigenvalue weighted by Crippen LogP contribution is -2.60. The summed E-state index contributed by atoms with van der Waals surface area (Å²) >= 11 is 0. The lowest BCUT2D eigenvalue weighted by atomic mass is 9.99. The van der Waals surface area contributed by atoms with Crippen LogP contribution in [-0.4, -0.2) is 89.5 Å². The van der Waals surface area contributed by atoms with E-state index in [-0.39, 0.29) is 23.2 Å². The third-order valence-electron chi connectivity index (χ3n) is 5.66. The SMILES string of the molecule is COc1cc(CCNC(=O)C=Cc2ccc(O[C@H]3O[C@H](CO)[C@H](O)[C@@H](O)[C@H]3O)c(OC)c2)ccc1O. The van der Waals surface area contributed by atoms with E-state index in [1.54, 1.807) is 30.3 Å². The van der Waals surface area contributed by atoms with Gasteiger partial charge >= 0.3 is 0 Å². The second kappa shape index (κ2) is 12.6. The zero-order chi connectivity index (χ0) is 26.2. The summed E-state index contributed by atoms with van der Waals surface area (Å²) in [5, 5.41) is 51.8. The number of methoxy groups -OCH3 is 2. The first kappa shape index (κ1) is 27.2. The second-order valence-electron chi connectivity index (χ2n) is 8.11. The molecular weight excluding hydrogens is 474 g/mol. The molecule has 196 valence electrons. The number of benzene rings is 2. The number of phenolic OH excluding ortho intramolecular Hbond substituents is 1. The van der Waals surface area contributed by atoms with Crippen molar-refractivity contribution in [2.45, 2.75) is 37.1 Å². The summed E-state index contributed by atoms with van der Waals surface area (Å²) < 4.78 is 21.4. The van der Waals surface area contributed by atoms with E-state index in [0.29, 0.717) is 24.3 Å². The number of aromatic hydroxyl groups is 1. The van der Waals surface area contributed by atoms with Gasteiger partial charge in [0.15, 0.2) is 23.0 Å². The molecule has 2 aromatic rings. The van der Waals surface area contributed by atoms with Crippen molar-refractivity contribution in [3.05, 3.63) is 53.6 Å². The summed E-state index contributed by atoms with van der Waals surface area (Å²) in [4.78, 5) is 12.2. The van der Waals surface area contributed by atoms with Crippen LogP contribution in [-0.2, 0) is 16.0 Å². The Morgan fingerprint density at radius 3 is 2.44 bits per heavy atom. The van der Waals surface area contributed by atoms with Crippen LogP contribution in [0.5, 0.6) is 23.0 Å². The van der Waals surface area contributed by atoms with Gasteiger partial charge in [-0.2, -0.15) is 0 Å². The number of phenols is 1. The highest BCUT2D eigenvalue weighted by atomic mass is 16.7. The highest BCUT2D eigenvalue weighted by Crippen LogP contribution is 2.32. The van der Waals surface area contributed by atoms with E-state index in [1.807, 2.05) is 0 Å². The maximum absolute atomic E-state index is 12.2. The highest BCUT2D eigenvalue weighted by Gasteiger charge is 2.44. The summed E-state index contributed by atoms with van der Waals surface area (Å²) in [6, 6.07) is 9.78. The molecule has 0 unspecified atom stereocenters. The van der Waals surface area contributed by atoms with E-state index in [0.717, 1.165) is 5.56 Å². The van der Waals surface area contributed by atoms with E-state index in [4.69, 9.17) is 18.9 Å². The minimum Gasteiger partial charge on any atom is -0.504 e. The maximum Gasteiger partial charge on any atom is 0.244 e. The van der Waals surface area contributed by atoms with Crippen molar-refractivity contribution in [3.8, 4) is 23.0 Å². The number of hydrogen-bond acceptors (Lipinski definition) is 10. The monoisotopic (exact) mass is 505 g/mol. The van der Waals surface area contributed by atoms with Crippen LogP contribution in [0.25, 0.3) is 6.08 Å². The molecule has 36 heavy (non-hydrogen) atoms. The first-order valence-electron chi connectivity index (χ1n) is 11.2. The van der Waals surface area contributed by atoms with Crippen molar-refractivity contribution in [2.24, 2.45) is 0 Å². The molecule has 11 heteroatoms. The molecule has 1 aliphatic rings. The molecule has 0 aliphatic carbocycles. The number of carbonyl (C=O) groups is 1. The lowest BCUT2D eigenvalue weighted by Gasteiger charge is -2.39. The van der Waals surface area contributed by atoms with Gasteiger partial charge in [-0.25, -0.2) is 0 Å². The van der Waals surface area contributed by atoms with Crippen molar-refractivity contribution in [1.82, 2.24) is 5.32 Å². The molecule has 1 fully saturated rings. The molecule has 0 bridgehead atoms. The van der Waals surface area contributed by atoms with Crippen molar-refractivity contribution < 1.29 is 49.3 Å². The fourth-order valence-corrected chi connectivity index (χ4v) is 3.61. The maximum atomic E-state index is 12.2. The third-order valence-corrected chi connectivity index (χ3v) is 5.66. The number of aliphatic hydroxyl groups excluding tert-OH is 4. The Morgan fingerprint density at radius 2 is 1.75 bits per heavy atom. The molecule has 5 atom stereocenters. The van der Waals surface area contributed by atoms with Gasteiger partial charge in [-0.05, 0) is 47.9 Å². The van der Waals surface area contributed by atoms with Gasteiger partial charge in [-0.3, -0.25) is 4.79 Å². The molecule has 1 heterocycles. The van der Waals surface area contributed by atoms with E-state index < -0.39 is 37.3 Å². The van der Waals surface area contributed by atoms with Crippen LogP contribution in [0, 0.1) is 0 Å². The van der Waals surface area contributed by atoms with Crippen LogP contribution in [0.4, 0.5) is 0 Å². The van der Waals surface area contributed by atoms with Crippen LogP contribution < -0.4 is 19.5 Å². The van der Waals surface area contributed by atoms with Crippen LogP contribution in [0.1, 0.15) is 11.1 Å². The van der Waals surface area contributed by atoms with Gasteiger partial charge in [0.2, 0.25) is 12.2 Å². The first-order valence-corrected chi connectivity index (χ1v) is 11.2. The van der Waals surface area contributed by atoms with E-state index >= 15 is 0 Å². The van der Waals surface area contributed by atoms with Crippen molar-refractivity contribution in [3.63, 3.8) is 0 Å². The molecule has 0 aromatic heterocycles. The molecule has 1 aliphatic heterocycles. The number of aliphatic hydroxyl groups is 4. The Morgan fingerprint density at radius 1 is 1.00 bits per heavy atom. The average Bonchev–Trinajstić information content (AvgIpc) is 2.89. The predicted molar refractivity (Wildman–Crippen MR) is 128 cm³/mol. The molecule has 3 rings (SSSR count). The minimum absolute atomic E-state index is 0.0493. The van der Waals surface area contributed by atoms with Crippen LogP contribution >= 0.6 is 0 Å². The van der Waals surface area contributed by atoms with Crippen molar-refractivity contribution >= 4 is 12.0 Å². The third kappa shape index (κ3) is 6.65. The zero-order valence-corrected chi connectivity index (χ0v) is 19.9. The summed E-state index contributed by atoms with van der Waals surface area (Å²) in [7, 11) is 2.88. The molecule has 1 amide bonds. The first-order chi connectivity index (χ1) is 17.3. The Balaban J connectivity index is 1.57. The van der Waals surface area contributed by atoms with Gasteiger partial charge < -0.3 is 49.8 Å². The van der Waals surface area contributed by atoms with Crippen LogP contribution in [0.2, 0.25) is 0 Å². The molecule has 0 radical (unpaired) electrons. The number of nitrogens with one attached hydrogen (secondary N) is 1. The van der Waals surface area contributed by atoms with E-state index in [9.17, 15) is 30.3 Å². The summed E-state index contributed by atoms with van der Waals surface area (Å²) in [5.74, 6) is 0.574. The second-order valence-corrected chi connectivity index (χ2v) is 8.11. The molecule has 1 saturated heterocycles. The number of rotatable bonds is 10. The van der Waals surface area contributed by atoms with Gasteiger partial charge in [0.25, 0.3) is 0 Å². The smallest absolute Gasteiger partial charge is 0.244 e. The van der Waals surface area contributed by atoms with E-state index in [2.05, 4.69) is 5.32 Å². The van der Waals surface area contributed by atoms with Crippen LogP contribution in [0.3, 0.4) is 0 Å². The summed E-state index contributed by atoms with van der Waals surface area (Å²) in [6.45, 7) is -0.191. The lowest BCUT2D eigenvalue weighted by molar-refractivity contribution is -0.277. The fraction of sp³-hybridized carbons (Fsp3) is 0.400. The Kier molecular flexibility index (Phi) is 9.51. The highest BCUT2D eigenvalue weighted by molar-refractivity contribution is 5.91. The van der Waals surface area contributed by atoms with Gasteiger partial charge in [0.1, 0.15) is 24.4 Å². The predicted octanol–water partition coefficient (Wildman–Crippen LogP) is -0.0398. The zero-order valence-electron chi connectivity index (χ0n) is 19.9. The van der Waals surface area contributed by atoms with Crippen LogP contribution in [0.15, 0.2) is 42.5 Å². The minimum atomic E-state index is -1.57. The van der Waals surface area contributed by atoms with Gasteiger partial charge in [-0.15, -0.1) is 0 Å². The molecule has 0 saturated carbocycles. The average molecular weight is 506 g/mol. The molecule has 11 nitrogen and oxygen atoms in total. The fourth-order valence-electron chi connectivity index (χ4n) is 3.61. The van der Waals surface area contributed by atoms with Crippen molar-refractivity contribution in [2.75, 3.05) is 27.4 Å². The molecule has 2 aromatic carbocycles. The Labute approximate surface area is 208 Å². The number of carbonyl (C=O) groups excluding carboxylic acids is 1. The Bertz CT molecular complexity index is 1060. The Hall–Kier alpha value is -3.35. The largest absolute Gasteiger partial charge is 0.504 e. The van der Waals surface area contributed by atoms with Gasteiger partial charge in [0, 0.05) is 12.6 Å². The van der Waals surface area contributed by atoms with Gasteiger partial charge in [-0.1, -0.05) is 12.1 Å². The molecule has 0 spiro atoms. The summed E-state index contributed by atoms with van der Waals surface area (Å²) in [6.07, 6.45) is -3.57.